The first-order chi connectivity index (χ1) is 9.15. The molecule has 0 saturated heterocycles. The molecule has 0 radical (unpaired) electrons. The monoisotopic (exact) mass is 292 g/mol. The van der Waals surface area contributed by atoms with Gasteiger partial charge in [0, 0.05) is 5.02 Å². The van der Waals surface area contributed by atoms with Crippen molar-refractivity contribution in [2.45, 2.75) is 11.7 Å². The van der Waals surface area contributed by atoms with E-state index >= 15 is 0 Å². The van der Waals surface area contributed by atoms with E-state index in [-0.39, 0.29) is 5.56 Å². The molecule has 5 nitrogen and oxygen atoms in total. The quantitative estimate of drug-likeness (QED) is 0.562. The average molecular weight is 293 g/mol. The van der Waals surface area contributed by atoms with Crippen molar-refractivity contribution in [2.75, 3.05) is 0 Å². The van der Waals surface area contributed by atoms with Crippen LogP contribution in [0.25, 0.3) is 11.2 Å². The molecule has 0 amide bonds. The van der Waals surface area contributed by atoms with Crippen LogP contribution in [0.1, 0.15) is 5.56 Å². The predicted octanol–water partition coefficient (Wildman–Crippen LogP) is 2.11. The van der Waals surface area contributed by atoms with Gasteiger partial charge >= 0.3 is 0 Å². The van der Waals surface area contributed by atoms with Crippen LogP contribution < -0.4 is 5.56 Å². The highest BCUT2D eigenvalue weighted by Gasteiger charge is 2.10. The van der Waals surface area contributed by atoms with E-state index in [0.29, 0.717) is 27.9 Å². The van der Waals surface area contributed by atoms with Crippen molar-refractivity contribution in [3.63, 3.8) is 0 Å². The smallest absolute Gasteiger partial charge is 0.299 e. The minimum atomic E-state index is -0.357. The second-order valence-corrected chi connectivity index (χ2v) is 4.87. The van der Waals surface area contributed by atoms with Crippen LogP contribution in [0.5, 0.6) is 0 Å². The van der Waals surface area contributed by atoms with Gasteiger partial charge in [0.2, 0.25) is 0 Å². The molecule has 2 heterocycles. The number of benzene rings is 1. The summed E-state index contributed by atoms with van der Waals surface area (Å²) in [6, 6.07) is 7.44. The molecule has 0 bridgehead atoms. The molecular formula is C12H9ClN4OS. The van der Waals surface area contributed by atoms with Crippen molar-refractivity contribution in [2.24, 2.45) is 0 Å². The Morgan fingerprint density at radius 1 is 1.32 bits per heavy atom. The highest BCUT2D eigenvalue weighted by atomic mass is 35.5. The zero-order valence-electron chi connectivity index (χ0n) is 9.67. The van der Waals surface area contributed by atoms with Gasteiger partial charge in [-0.1, -0.05) is 23.7 Å². The molecule has 3 rings (SSSR count). The molecule has 0 spiro atoms. The van der Waals surface area contributed by atoms with Gasteiger partial charge in [-0.25, -0.2) is 4.98 Å². The van der Waals surface area contributed by atoms with Crippen LogP contribution in [-0.2, 0) is 6.54 Å². The Bertz CT molecular complexity index is 794. The van der Waals surface area contributed by atoms with E-state index in [2.05, 4.69) is 27.6 Å². The van der Waals surface area contributed by atoms with Crippen LogP contribution in [-0.4, -0.2) is 19.5 Å². The number of rotatable bonds is 2. The topological polar surface area (TPSA) is 63.6 Å². The van der Waals surface area contributed by atoms with Crippen molar-refractivity contribution in [1.29, 1.82) is 0 Å². The normalized spacial score (nSPS) is 11.1. The van der Waals surface area contributed by atoms with E-state index in [0.717, 1.165) is 5.56 Å². The maximum Gasteiger partial charge on any atom is 0.299 e. The molecule has 7 heteroatoms. The summed E-state index contributed by atoms with van der Waals surface area (Å²) in [6.07, 6.45) is 1.47. The molecule has 0 aliphatic heterocycles. The summed E-state index contributed by atoms with van der Waals surface area (Å²) in [4.78, 5) is 22.4. The summed E-state index contributed by atoms with van der Waals surface area (Å²) in [5, 5.41) is 1.01. The Hall–Kier alpha value is -1.79. The standard InChI is InChI=1S/C12H9ClN4OS/c13-8-3-1-7(2-4-8)5-17-10-9(14-6-15-10)11(18)16-12(17)19/h1-4,6H,5H2,(H,14,15)(H,16,18,19). The highest BCUT2D eigenvalue weighted by Crippen LogP contribution is 2.15. The third-order valence-corrected chi connectivity index (χ3v) is 3.38. The van der Waals surface area contributed by atoms with E-state index in [9.17, 15) is 4.79 Å². The Morgan fingerprint density at radius 3 is 2.79 bits per heavy atom. The van der Waals surface area contributed by atoms with E-state index in [4.69, 9.17) is 11.6 Å². The van der Waals surface area contributed by atoms with Crippen molar-refractivity contribution in [1.82, 2.24) is 19.5 Å². The van der Waals surface area contributed by atoms with Gasteiger partial charge in [0.1, 0.15) is 0 Å². The minimum Gasteiger partial charge on any atom is -0.339 e. The molecule has 0 aliphatic carbocycles. The molecular weight excluding hydrogens is 284 g/mol. The number of nitrogens with one attached hydrogen (secondary N) is 1. The van der Waals surface area contributed by atoms with Crippen LogP contribution in [0.3, 0.4) is 0 Å². The number of halogens is 1. The molecule has 19 heavy (non-hydrogen) atoms. The van der Waals surface area contributed by atoms with Crippen LogP contribution in [0, 0.1) is 0 Å². The SMILES string of the molecule is O=c1nc(S)n(Cc2ccc(Cl)cc2)c2nc[nH]c12. The lowest BCUT2D eigenvalue weighted by Crippen LogP contribution is -2.15. The Labute approximate surface area is 118 Å². The number of imidazole rings is 1. The molecule has 1 N–H and O–H groups in total. The molecule has 3 aromatic rings. The maximum atomic E-state index is 11.6. The van der Waals surface area contributed by atoms with E-state index in [1.807, 2.05) is 24.3 Å². The van der Waals surface area contributed by atoms with Gasteiger partial charge in [0.05, 0.1) is 12.9 Å². The predicted molar refractivity (Wildman–Crippen MR) is 76.0 cm³/mol. The Kier molecular flexibility index (Phi) is 3.04. The summed E-state index contributed by atoms with van der Waals surface area (Å²) in [5.74, 6) is 0. The Morgan fingerprint density at radius 2 is 2.05 bits per heavy atom. The average Bonchev–Trinajstić information content (AvgIpc) is 2.86. The Balaban J connectivity index is 2.12. The van der Waals surface area contributed by atoms with Crippen molar-refractivity contribution >= 4 is 35.4 Å². The molecule has 0 aliphatic rings. The van der Waals surface area contributed by atoms with Gasteiger partial charge in [0.15, 0.2) is 16.3 Å². The van der Waals surface area contributed by atoms with Crippen LogP contribution >= 0.6 is 24.2 Å². The number of nitrogens with zero attached hydrogens (tertiary/aromatic N) is 3. The summed E-state index contributed by atoms with van der Waals surface area (Å²) < 4.78 is 1.76. The fraction of sp³-hybridized carbons (Fsp3) is 0.0833. The van der Waals surface area contributed by atoms with Crippen molar-refractivity contribution in [3.8, 4) is 0 Å². The van der Waals surface area contributed by atoms with Gasteiger partial charge in [-0.15, -0.1) is 12.6 Å². The van der Waals surface area contributed by atoms with E-state index < -0.39 is 0 Å². The zero-order valence-corrected chi connectivity index (χ0v) is 11.3. The molecule has 0 unspecified atom stereocenters. The van der Waals surface area contributed by atoms with Gasteiger partial charge in [-0.2, -0.15) is 4.98 Å². The molecule has 1 aromatic carbocycles. The number of H-pyrrole nitrogens is 1. The van der Waals surface area contributed by atoms with Crippen LogP contribution in [0.15, 0.2) is 40.5 Å². The second-order valence-electron chi connectivity index (χ2n) is 4.03. The number of hydrogen-bond acceptors (Lipinski definition) is 4. The lowest BCUT2D eigenvalue weighted by molar-refractivity contribution is 0.692. The molecule has 2 aromatic heterocycles. The summed E-state index contributed by atoms with van der Waals surface area (Å²) in [5.41, 5.74) is 1.59. The first-order valence-electron chi connectivity index (χ1n) is 5.52. The number of hydrogen-bond donors (Lipinski definition) is 2. The number of fused-ring (bicyclic) bond motifs is 1. The fourth-order valence-electron chi connectivity index (χ4n) is 1.87. The number of aromatic nitrogens is 4. The third kappa shape index (κ3) is 2.24. The zero-order chi connectivity index (χ0) is 13.4. The van der Waals surface area contributed by atoms with Gasteiger partial charge in [-0.05, 0) is 17.7 Å². The number of aromatic amines is 1. The van der Waals surface area contributed by atoms with Gasteiger partial charge < -0.3 is 4.98 Å². The lowest BCUT2D eigenvalue weighted by Gasteiger charge is -2.09. The maximum absolute atomic E-state index is 11.6. The van der Waals surface area contributed by atoms with E-state index in [1.54, 1.807) is 4.57 Å². The van der Waals surface area contributed by atoms with Gasteiger partial charge in [-0.3, -0.25) is 9.36 Å². The molecule has 96 valence electrons. The highest BCUT2D eigenvalue weighted by molar-refractivity contribution is 7.80. The van der Waals surface area contributed by atoms with E-state index in [1.165, 1.54) is 6.33 Å². The van der Waals surface area contributed by atoms with Crippen LogP contribution in [0.4, 0.5) is 0 Å². The van der Waals surface area contributed by atoms with Gasteiger partial charge in [0.25, 0.3) is 5.56 Å². The largest absolute Gasteiger partial charge is 0.339 e. The first kappa shape index (κ1) is 12.3. The first-order valence-corrected chi connectivity index (χ1v) is 6.35. The summed E-state index contributed by atoms with van der Waals surface area (Å²) in [6.45, 7) is 0.518. The number of thiol groups is 1. The van der Waals surface area contributed by atoms with Crippen molar-refractivity contribution < 1.29 is 0 Å². The van der Waals surface area contributed by atoms with Crippen molar-refractivity contribution in [3.05, 3.63) is 51.5 Å². The lowest BCUT2D eigenvalue weighted by atomic mass is 10.2. The fourth-order valence-corrected chi connectivity index (χ4v) is 2.25. The molecule has 0 saturated carbocycles. The molecule has 0 fully saturated rings. The summed E-state index contributed by atoms with van der Waals surface area (Å²) in [7, 11) is 0. The second kappa shape index (κ2) is 4.71. The van der Waals surface area contributed by atoms with Crippen LogP contribution in [0.2, 0.25) is 5.02 Å². The third-order valence-electron chi connectivity index (χ3n) is 2.79. The summed E-state index contributed by atoms with van der Waals surface area (Å²) >= 11 is 10.1. The minimum absolute atomic E-state index is 0.333. The molecule has 0 atom stereocenters.